The molecule has 3 aromatic carbocycles. The number of methoxy groups -OCH3 is 1. The van der Waals surface area contributed by atoms with Crippen LogP contribution < -0.4 is 23.8 Å². The average molecular weight is 483 g/mol. The van der Waals surface area contributed by atoms with E-state index in [-0.39, 0.29) is 30.7 Å². The van der Waals surface area contributed by atoms with E-state index in [1.54, 1.807) is 42.5 Å². The van der Waals surface area contributed by atoms with Crippen LogP contribution in [0.5, 0.6) is 17.2 Å². The van der Waals surface area contributed by atoms with Crippen molar-refractivity contribution in [3.63, 3.8) is 0 Å². The second-order valence-electron chi connectivity index (χ2n) is 7.82. The zero-order valence-corrected chi connectivity index (χ0v) is 19.7. The Kier molecular flexibility index (Phi) is 6.93. The minimum absolute atomic E-state index is 0.0577. The number of sulfonamides is 1. The van der Waals surface area contributed by atoms with Crippen LogP contribution in [0.1, 0.15) is 5.56 Å². The van der Waals surface area contributed by atoms with E-state index in [9.17, 15) is 13.2 Å². The van der Waals surface area contributed by atoms with Crippen LogP contribution in [0.3, 0.4) is 0 Å². The van der Waals surface area contributed by atoms with E-state index >= 15 is 0 Å². The molecule has 34 heavy (non-hydrogen) atoms. The van der Waals surface area contributed by atoms with Crippen molar-refractivity contribution in [1.29, 1.82) is 0 Å². The van der Waals surface area contributed by atoms with Crippen LogP contribution in [0.4, 0.5) is 5.69 Å². The predicted molar refractivity (Wildman–Crippen MR) is 128 cm³/mol. The minimum Gasteiger partial charge on any atom is -0.497 e. The lowest BCUT2D eigenvalue weighted by Crippen LogP contribution is -2.45. The Morgan fingerprint density at radius 1 is 1.03 bits per heavy atom. The van der Waals surface area contributed by atoms with Gasteiger partial charge in [0, 0.05) is 0 Å². The first-order valence-corrected chi connectivity index (χ1v) is 12.2. The first-order chi connectivity index (χ1) is 16.4. The molecule has 0 spiro atoms. The Morgan fingerprint density at radius 2 is 1.71 bits per heavy atom. The molecule has 0 fully saturated rings. The van der Waals surface area contributed by atoms with Crippen molar-refractivity contribution < 1.29 is 27.4 Å². The highest BCUT2D eigenvalue weighted by molar-refractivity contribution is 7.92. The zero-order chi connectivity index (χ0) is 24.1. The minimum atomic E-state index is -4.01. The average Bonchev–Trinajstić information content (AvgIpc) is 2.86. The summed E-state index contributed by atoms with van der Waals surface area (Å²) in [5.74, 6) is 1.34. The number of hydrogen-bond acceptors (Lipinski definition) is 6. The molecule has 0 aromatic heterocycles. The Morgan fingerprint density at radius 3 is 2.38 bits per heavy atom. The van der Waals surface area contributed by atoms with Gasteiger partial charge in [-0.3, -0.25) is 9.10 Å². The van der Waals surface area contributed by atoms with Crippen LogP contribution in [-0.4, -0.2) is 47.2 Å². The Labute approximate surface area is 199 Å². The topological polar surface area (TPSA) is 94.2 Å². The second kappa shape index (κ2) is 10.0. The lowest BCUT2D eigenvalue weighted by atomic mass is 10.2. The summed E-state index contributed by atoms with van der Waals surface area (Å²) in [6, 6.07) is 20.3. The zero-order valence-electron chi connectivity index (χ0n) is 18.9. The molecule has 9 heteroatoms. The summed E-state index contributed by atoms with van der Waals surface area (Å²) in [5, 5.41) is 2.77. The third-order valence-electron chi connectivity index (χ3n) is 5.35. The maximum atomic E-state index is 13.5. The molecule has 3 aromatic rings. The fraction of sp³-hybridized carbons (Fsp3) is 0.240. The molecule has 1 aliphatic rings. The summed E-state index contributed by atoms with van der Waals surface area (Å²) in [4.78, 5) is 12.9. The van der Waals surface area contributed by atoms with Crippen molar-refractivity contribution in [1.82, 2.24) is 5.32 Å². The number of para-hydroxylation sites is 2. The van der Waals surface area contributed by atoms with Gasteiger partial charge in [-0.1, -0.05) is 29.8 Å². The maximum Gasteiger partial charge on any atom is 0.264 e. The van der Waals surface area contributed by atoms with Crippen LogP contribution in [0.15, 0.2) is 77.7 Å². The number of hydrogen-bond donors (Lipinski definition) is 1. The van der Waals surface area contributed by atoms with Gasteiger partial charge in [-0.25, -0.2) is 8.42 Å². The fourth-order valence-corrected chi connectivity index (χ4v) is 4.90. The third kappa shape index (κ3) is 5.26. The number of carbonyl (C=O) groups is 1. The van der Waals surface area contributed by atoms with E-state index in [2.05, 4.69) is 5.32 Å². The molecule has 0 bridgehead atoms. The van der Waals surface area contributed by atoms with E-state index in [0.29, 0.717) is 22.9 Å². The van der Waals surface area contributed by atoms with Gasteiger partial charge in [0.25, 0.3) is 10.0 Å². The smallest absolute Gasteiger partial charge is 0.264 e. The van der Waals surface area contributed by atoms with E-state index in [1.807, 2.05) is 25.1 Å². The number of nitrogens with zero attached hydrogens (tertiary/aromatic N) is 1. The van der Waals surface area contributed by atoms with E-state index < -0.39 is 15.9 Å². The van der Waals surface area contributed by atoms with Crippen molar-refractivity contribution in [2.45, 2.75) is 17.9 Å². The number of carbonyl (C=O) groups excluding carboxylic acids is 1. The molecule has 0 radical (unpaired) electrons. The van der Waals surface area contributed by atoms with Gasteiger partial charge in [0.15, 0.2) is 11.5 Å². The number of fused-ring (bicyclic) bond motifs is 1. The molecular formula is C25H26N2O6S. The van der Waals surface area contributed by atoms with Crippen molar-refractivity contribution in [3.05, 3.63) is 78.4 Å². The van der Waals surface area contributed by atoms with Crippen LogP contribution in [0.25, 0.3) is 0 Å². The van der Waals surface area contributed by atoms with Crippen LogP contribution >= 0.6 is 0 Å². The molecule has 1 aliphatic heterocycles. The van der Waals surface area contributed by atoms with Crippen molar-refractivity contribution in [2.24, 2.45) is 0 Å². The largest absolute Gasteiger partial charge is 0.497 e. The monoisotopic (exact) mass is 482 g/mol. The molecule has 178 valence electrons. The second-order valence-corrected chi connectivity index (χ2v) is 9.69. The summed E-state index contributed by atoms with van der Waals surface area (Å²) < 4.78 is 44.7. The van der Waals surface area contributed by atoms with Crippen LogP contribution in [0.2, 0.25) is 0 Å². The highest BCUT2D eigenvalue weighted by atomic mass is 32.2. The number of anilines is 1. The number of amides is 1. The maximum absolute atomic E-state index is 13.5. The Bertz CT molecular complexity index is 1240. The van der Waals surface area contributed by atoms with E-state index in [4.69, 9.17) is 14.2 Å². The molecule has 4 rings (SSSR count). The number of aryl methyl sites for hydroxylation is 1. The van der Waals surface area contributed by atoms with E-state index in [0.717, 1.165) is 9.87 Å². The standard InChI is InChI=1S/C25H26N2O6S/c1-18-7-9-19(10-8-18)27(34(29,30)22-13-11-20(31-2)12-14-22)16-25(28)26-15-21-17-32-23-5-3-4-6-24(23)33-21/h3-14,21H,15-17H2,1-2H3,(H,26,28). The summed E-state index contributed by atoms with van der Waals surface area (Å²) >= 11 is 0. The normalized spacial score (nSPS) is 14.8. The summed E-state index contributed by atoms with van der Waals surface area (Å²) in [6.45, 7) is 1.98. The molecule has 1 unspecified atom stereocenters. The first kappa shape index (κ1) is 23.4. The summed E-state index contributed by atoms with van der Waals surface area (Å²) in [5.41, 5.74) is 1.37. The Balaban J connectivity index is 1.49. The molecule has 0 saturated heterocycles. The molecule has 1 N–H and O–H groups in total. The van der Waals surface area contributed by atoms with Crippen LogP contribution in [0, 0.1) is 6.92 Å². The van der Waals surface area contributed by atoms with Crippen molar-refractivity contribution >= 4 is 21.6 Å². The van der Waals surface area contributed by atoms with Gasteiger partial charge < -0.3 is 19.5 Å². The lowest BCUT2D eigenvalue weighted by molar-refractivity contribution is -0.120. The lowest BCUT2D eigenvalue weighted by Gasteiger charge is -2.27. The number of ether oxygens (including phenoxy) is 3. The summed E-state index contributed by atoms with van der Waals surface area (Å²) in [7, 11) is -2.50. The molecule has 0 aliphatic carbocycles. The highest BCUT2D eigenvalue weighted by Gasteiger charge is 2.28. The van der Waals surface area contributed by atoms with E-state index in [1.165, 1.54) is 19.2 Å². The van der Waals surface area contributed by atoms with Crippen molar-refractivity contribution in [3.8, 4) is 17.2 Å². The molecule has 1 atom stereocenters. The quantitative estimate of drug-likeness (QED) is 0.530. The van der Waals surface area contributed by atoms with Gasteiger partial charge in [0.1, 0.15) is 25.0 Å². The molecule has 1 amide bonds. The molecular weight excluding hydrogens is 456 g/mol. The predicted octanol–water partition coefficient (Wildman–Crippen LogP) is 3.16. The highest BCUT2D eigenvalue weighted by Crippen LogP contribution is 2.30. The fourth-order valence-electron chi connectivity index (χ4n) is 3.48. The van der Waals surface area contributed by atoms with Gasteiger partial charge in [-0.2, -0.15) is 0 Å². The Hall–Kier alpha value is -3.72. The third-order valence-corrected chi connectivity index (χ3v) is 7.14. The number of rotatable bonds is 8. The number of benzene rings is 3. The summed E-state index contributed by atoms with van der Waals surface area (Å²) in [6.07, 6.45) is -0.384. The number of nitrogens with one attached hydrogen (secondary N) is 1. The van der Waals surface area contributed by atoms with Crippen molar-refractivity contribution in [2.75, 3.05) is 31.1 Å². The van der Waals surface area contributed by atoms with Gasteiger partial charge in [-0.15, -0.1) is 0 Å². The van der Waals surface area contributed by atoms with Gasteiger partial charge in [0.05, 0.1) is 24.2 Å². The van der Waals surface area contributed by atoms with Crippen LogP contribution in [-0.2, 0) is 14.8 Å². The molecule has 1 heterocycles. The molecule has 0 saturated carbocycles. The SMILES string of the molecule is COc1ccc(S(=O)(=O)N(CC(=O)NCC2COc3ccccc3O2)c2ccc(C)cc2)cc1. The first-order valence-electron chi connectivity index (χ1n) is 10.8. The van der Waals surface area contributed by atoms with Gasteiger partial charge in [0.2, 0.25) is 5.91 Å². The van der Waals surface area contributed by atoms with Gasteiger partial charge >= 0.3 is 0 Å². The van der Waals surface area contributed by atoms with Gasteiger partial charge in [-0.05, 0) is 55.5 Å². The molecule has 8 nitrogen and oxygen atoms in total.